The summed E-state index contributed by atoms with van der Waals surface area (Å²) in [6, 6.07) is 4.00. The van der Waals surface area contributed by atoms with Gasteiger partial charge in [0.1, 0.15) is 27.9 Å². The molecular weight excluding hydrogens is 384 g/mol. The molecule has 3 aromatic heterocycles. The summed E-state index contributed by atoms with van der Waals surface area (Å²) in [6.07, 6.45) is 4.93. The number of hydrogen-bond donors (Lipinski definition) is 1. The van der Waals surface area contributed by atoms with E-state index in [1.165, 1.54) is 0 Å². The summed E-state index contributed by atoms with van der Waals surface area (Å²) in [5.74, 6) is 1.60. The summed E-state index contributed by atoms with van der Waals surface area (Å²) >= 11 is 4.52. The molecule has 0 amide bonds. The van der Waals surface area contributed by atoms with Gasteiger partial charge in [-0.25, -0.2) is 19.6 Å². The highest BCUT2D eigenvalue weighted by atomic mass is 32.1. The average molecular weight is 407 g/mol. The van der Waals surface area contributed by atoms with Crippen molar-refractivity contribution in [3.63, 3.8) is 0 Å². The first-order valence-corrected chi connectivity index (χ1v) is 9.93. The molecule has 0 radical (unpaired) electrons. The van der Waals surface area contributed by atoms with Gasteiger partial charge in [0.25, 0.3) is 0 Å². The molecule has 0 saturated carbocycles. The SMILES string of the molecule is CCN(CC)c1ccc(/N=C2/C(C)=Nn3c2nc(S)c3-c2cnccn2)c(C)n1. The van der Waals surface area contributed by atoms with Crippen LogP contribution in [0.5, 0.6) is 0 Å². The topological polar surface area (TPSA) is 84.5 Å². The lowest BCUT2D eigenvalue weighted by molar-refractivity contribution is 0.842. The second-order valence-electron chi connectivity index (χ2n) is 6.60. The van der Waals surface area contributed by atoms with E-state index in [1.807, 2.05) is 26.0 Å². The molecule has 9 heteroatoms. The largest absolute Gasteiger partial charge is 0.357 e. The molecule has 0 aliphatic carbocycles. The minimum absolute atomic E-state index is 0.538. The van der Waals surface area contributed by atoms with Gasteiger partial charge in [-0.05, 0) is 39.8 Å². The molecule has 0 bridgehead atoms. The maximum Gasteiger partial charge on any atom is 0.183 e. The lowest BCUT2D eigenvalue weighted by atomic mass is 10.2. The summed E-state index contributed by atoms with van der Waals surface area (Å²) in [4.78, 5) is 24.8. The molecule has 0 fully saturated rings. The highest BCUT2D eigenvalue weighted by Crippen LogP contribution is 2.30. The van der Waals surface area contributed by atoms with Crippen LogP contribution in [0.2, 0.25) is 0 Å². The molecule has 0 saturated heterocycles. The van der Waals surface area contributed by atoms with Gasteiger partial charge in [-0.15, -0.1) is 12.6 Å². The van der Waals surface area contributed by atoms with Crippen LogP contribution in [-0.2, 0) is 0 Å². The van der Waals surface area contributed by atoms with Crippen molar-refractivity contribution in [1.82, 2.24) is 24.6 Å². The Morgan fingerprint density at radius 3 is 2.55 bits per heavy atom. The maximum absolute atomic E-state index is 4.83. The Bertz CT molecular complexity index is 1110. The zero-order valence-electron chi connectivity index (χ0n) is 16.8. The summed E-state index contributed by atoms with van der Waals surface area (Å²) in [5, 5.41) is 5.16. The zero-order valence-corrected chi connectivity index (χ0v) is 17.7. The van der Waals surface area contributed by atoms with Crippen LogP contribution < -0.4 is 4.90 Å². The Labute approximate surface area is 174 Å². The van der Waals surface area contributed by atoms with E-state index < -0.39 is 0 Å². The lowest BCUT2D eigenvalue weighted by Gasteiger charge is -2.20. The minimum Gasteiger partial charge on any atom is -0.357 e. The van der Waals surface area contributed by atoms with Crippen molar-refractivity contribution in [2.24, 2.45) is 10.1 Å². The number of aliphatic imine (C=N–C) groups is 1. The molecular formula is C20H22N8S. The highest BCUT2D eigenvalue weighted by molar-refractivity contribution is 7.80. The van der Waals surface area contributed by atoms with E-state index in [2.05, 4.69) is 51.4 Å². The second-order valence-corrected chi connectivity index (χ2v) is 7.03. The highest BCUT2D eigenvalue weighted by Gasteiger charge is 2.28. The third kappa shape index (κ3) is 3.42. The Morgan fingerprint density at radius 2 is 1.90 bits per heavy atom. The fourth-order valence-electron chi connectivity index (χ4n) is 3.29. The van der Waals surface area contributed by atoms with Crippen LogP contribution in [0.1, 0.15) is 32.3 Å². The lowest BCUT2D eigenvalue weighted by Crippen LogP contribution is -2.23. The van der Waals surface area contributed by atoms with Crippen molar-refractivity contribution < 1.29 is 0 Å². The van der Waals surface area contributed by atoms with Crippen LogP contribution in [0.25, 0.3) is 11.4 Å². The molecule has 0 spiro atoms. The van der Waals surface area contributed by atoms with Crippen molar-refractivity contribution in [2.45, 2.75) is 32.7 Å². The van der Waals surface area contributed by atoms with E-state index in [0.717, 1.165) is 36.0 Å². The normalized spacial score (nSPS) is 14.2. The number of aryl methyl sites for hydroxylation is 1. The number of thiol groups is 1. The van der Waals surface area contributed by atoms with Gasteiger partial charge < -0.3 is 4.90 Å². The van der Waals surface area contributed by atoms with E-state index in [1.54, 1.807) is 23.3 Å². The molecule has 1 aliphatic heterocycles. The number of pyridine rings is 1. The monoisotopic (exact) mass is 406 g/mol. The number of aromatic nitrogens is 5. The third-order valence-electron chi connectivity index (χ3n) is 4.81. The molecule has 4 heterocycles. The molecule has 3 aromatic rings. The number of anilines is 1. The zero-order chi connectivity index (χ0) is 20.5. The fourth-order valence-corrected chi connectivity index (χ4v) is 3.59. The maximum atomic E-state index is 4.83. The van der Waals surface area contributed by atoms with Gasteiger partial charge in [0.2, 0.25) is 0 Å². The van der Waals surface area contributed by atoms with Gasteiger partial charge >= 0.3 is 0 Å². The van der Waals surface area contributed by atoms with E-state index in [4.69, 9.17) is 9.98 Å². The number of nitrogens with zero attached hydrogens (tertiary/aromatic N) is 8. The van der Waals surface area contributed by atoms with Gasteiger partial charge in [-0.2, -0.15) is 5.10 Å². The Morgan fingerprint density at radius 1 is 1.10 bits per heavy atom. The summed E-state index contributed by atoms with van der Waals surface area (Å²) in [6.45, 7) is 9.95. The minimum atomic E-state index is 0.538. The first-order chi connectivity index (χ1) is 14.0. The number of imidazole rings is 1. The molecule has 148 valence electrons. The molecule has 8 nitrogen and oxygen atoms in total. The fraction of sp³-hybridized carbons (Fsp3) is 0.300. The Balaban J connectivity index is 1.76. The third-order valence-corrected chi connectivity index (χ3v) is 5.12. The van der Waals surface area contributed by atoms with Gasteiger partial charge in [0.05, 0.1) is 23.3 Å². The number of hydrogen-bond acceptors (Lipinski definition) is 8. The molecule has 0 atom stereocenters. The predicted octanol–water partition coefficient (Wildman–Crippen LogP) is 3.54. The molecule has 1 aliphatic rings. The van der Waals surface area contributed by atoms with E-state index >= 15 is 0 Å². The second kappa shape index (κ2) is 7.75. The molecule has 0 N–H and O–H groups in total. The van der Waals surface area contributed by atoms with Crippen molar-refractivity contribution in [3.05, 3.63) is 42.2 Å². The van der Waals surface area contributed by atoms with E-state index in [0.29, 0.717) is 27.9 Å². The first kappa shape index (κ1) is 19.3. The first-order valence-electron chi connectivity index (χ1n) is 9.49. The van der Waals surface area contributed by atoms with Crippen LogP contribution in [-0.4, -0.2) is 49.1 Å². The smallest absolute Gasteiger partial charge is 0.183 e. The summed E-state index contributed by atoms with van der Waals surface area (Å²) in [5.41, 5.74) is 4.50. The van der Waals surface area contributed by atoms with Crippen LogP contribution in [0.3, 0.4) is 0 Å². The van der Waals surface area contributed by atoms with Crippen molar-refractivity contribution in [3.8, 4) is 11.4 Å². The molecule has 4 rings (SSSR count). The standard InChI is InChI=1S/C20H22N8S/c1-5-27(6-2)16-8-7-14(12(3)23-16)24-17-13(4)26-28-18(20(29)25-19(17)28)15-11-21-9-10-22-15/h7-11,29H,5-6H2,1-4H3/b24-17-. The molecule has 0 unspecified atom stereocenters. The predicted molar refractivity (Wildman–Crippen MR) is 118 cm³/mol. The van der Waals surface area contributed by atoms with Gasteiger partial charge in [-0.3, -0.25) is 9.97 Å². The van der Waals surface area contributed by atoms with Gasteiger partial charge in [0.15, 0.2) is 5.82 Å². The Hall–Kier alpha value is -3.07. The van der Waals surface area contributed by atoms with E-state index in [-0.39, 0.29) is 0 Å². The van der Waals surface area contributed by atoms with Crippen molar-refractivity contribution in [2.75, 3.05) is 18.0 Å². The number of rotatable bonds is 5. The number of fused-ring (bicyclic) bond motifs is 1. The van der Waals surface area contributed by atoms with Crippen molar-refractivity contribution >= 4 is 35.6 Å². The molecule has 0 aromatic carbocycles. The summed E-state index contributed by atoms with van der Waals surface area (Å²) in [7, 11) is 0. The van der Waals surface area contributed by atoms with Crippen LogP contribution in [0, 0.1) is 6.92 Å². The van der Waals surface area contributed by atoms with Gasteiger partial charge in [0, 0.05) is 25.5 Å². The average Bonchev–Trinajstić information content (AvgIpc) is 3.19. The van der Waals surface area contributed by atoms with Gasteiger partial charge in [-0.1, -0.05) is 0 Å². The van der Waals surface area contributed by atoms with Crippen molar-refractivity contribution in [1.29, 1.82) is 0 Å². The van der Waals surface area contributed by atoms with Crippen LogP contribution >= 0.6 is 12.6 Å². The molecule has 29 heavy (non-hydrogen) atoms. The van der Waals surface area contributed by atoms with Crippen LogP contribution in [0.4, 0.5) is 11.5 Å². The quantitative estimate of drug-likeness (QED) is 0.655. The van der Waals surface area contributed by atoms with E-state index in [9.17, 15) is 0 Å². The van der Waals surface area contributed by atoms with Crippen LogP contribution in [0.15, 0.2) is 45.8 Å². The summed E-state index contributed by atoms with van der Waals surface area (Å²) < 4.78 is 1.73. The Kier molecular flexibility index (Phi) is 5.14.